The molecule has 0 radical (unpaired) electrons. The van der Waals surface area contributed by atoms with E-state index in [-0.39, 0.29) is 6.54 Å². The molecule has 5 nitrogen and oxygen atoms in total. The SMILES string of the molecule is O=C(O)[C@@H]1C[C@](O)(CC(=O)C(F)(F)F)CN1. The number of aliphatic hydroxyl groups is 1. The Hall–Kier alpha value is -1.15. The molecule has 1 aliphatic rings. The predicted molar refractivity (Wildman–Crippen MR) is 44.7 cm³/mol. The van der Waals surface area contributed by atoms with E-state index < -0.39 is 42.4 Å². The van der Waals surface area contributed by atoms with Crippen molar-refractivity contribution in [2.75, 3.05) is 6.54 Å². The smallest absolute Gasteiger partial charge is 0.450 e. The van der Waals surface area contributed by atoms with Crippen molar-refractivity contribution in [1.82, 2.24) is 5.32 Å². The van der Waals surface area contributed by atoms with Gasteiger partial charge in [-0.3, -0.25) is 9.59 Å². The van der Waals surface area contributed by atoms with E-state index in [1.807, 2.05) is 0 Å². The van der Waals surface area contributed by atoms with Crippen molar-refractivity contribution in [2.45, 2.75) is 30.7 Å². The van der Waals surface area contributed by atoms with E-state index in [4.69, 9.17) is 5.11 Å². The maximum Gasteiger partial charge on any atom is 0.450 e. The van der Waals surface area contributed by atoms with Crippen molar-refractivity contribution >= 4 is 11.8 Å². The molecule has 3 N–H and O–H groups in total. The van der Waals surface area contributed by atoms with Crippen LogP contribution in [0.5, 0.6) is 0 Å². The number of β-amino-alcohol motifs (C(OH)–C–C–N with tert-alkyl or cyclic N) is 1. The first kappa shape index (κ1) is 12.9. The number of Topliss-reactive ketones (excluding diaryl/α,β-unsaturated/α-hetero) is 1. The number of aliphatic carboxylic acids is 1. The maximum absolute atomic E-state index is 11.9. The van der Waals surface area contributed by atoms with Gasteiger partial charge in [0.1, 0.15) is 6.04 Å². The van der Waals surface area contributed by atoms with Crippen molar-refractivity contribution < 1.29 is 33.0 Å². The van der Waals surface area contributed by atoms with Crippen LogP contribution in [0.2, 0.25) is 0 Å². The summed E-state index contributed by atoms with van der Waals surface area (Å²) in [4.78, 5) is 21.1. The van der Waals surface area contributed by atoms with E-state index in [0.29, 0.717) is 0 Å². The van der Waals surface area contributed by atoms with Crippen LogP contribution >= 0.6 is 0 Å². The number of nitrogens with one attached hydrogen (secondary N) is 1. The highest BCUT2D eigenvalue weighted by Crippen LogP contribution is 2.28. The van der Waals surface area contributed by atoms with Crippen LogP contribution in [0.25, 0.3) is 0 Å². The Morgan fingerprint density at radius 3 is 2.38 bits per heavy atom. The molecule has 2 atom stereocenters. The molecular weight excluding hydrogens is 231 g/mol. The number of carbonyl (C=O) groups is 2. The standard InChI is InChI=1S/C8H10F3NO4/c9-8(10,11)5(13)2-7(16)1-4(6(14)15)12-3-7/h4,12,16H,1-3H2,(H,14,15)/t4-,7-/m0/s1. The van der Waals surface area contributed by atoms with Crippen LogP contribution in [0.15, 0.2) is 0 Å². The zero-order valence-corrected chi connectivity index (χ0v) is 8.04. The van der Waals surface area contributed by atoms with Gasteiger partial charge >= 0.3 is 12.1 Å². The Morgan fingerprint density at radius 1 is 1.44 bits per heavy atom. The number of carbonyl (C=O) groups excluding carboxylic acids is 1. The van der Waals surface area contributed by atoms with Crippen LogP contribution in [-0.2, 0) is 9.59 Å². The molecule has 16 heavy (non-hydrogen) atoms. The van der Waals surface area contributed by atoms with Crippen molar-refractivity contribution in [2.24, 2.45) is 0 Å². The van der Waals surface area contributed by atoms with E-state index in [2.05, 4.69) is 5.32 Å². The lowest BCUT2D eigenvalue weighted by atomic mass is 9.94. The van der Waals surface area contributed by atoms with E-state index in [0.717, 1.165) is 0 Å². The Balaban J connectivity index is 2.62. The lowest BCUT2D eigenvalue weighted by Crippen LogP contribution is -2.38. The predicted octanol–water partition coefficient (Wildman–Crippen LogP) is -0.315. The fraction of sp³-hybridized carbons (Fsp3) is 0.750. The third-order valence-electron chi connectivity index (χ3n) is 2.37. The van der Waals surface area contributed by atoms with Gasteiger partial charge in [-0.05, 0) is 0 Å². The highest BCUT2D eigenvalue weighted by atomic mass is 19.4. The second-order valence-corrected chi connectivity index (χ2v) is 3.80. The molecule has 8 heteroatoms. The summed E-state index contributed by atoms with van der Waals surface area (Å²) >= 11 is 0. The quantitative estimate of drug-likeness (QED) is 0.630. The van der Waals surface area contributed by atoms with Crippen LogP contribution in [0.1, 0.15) is 12.8 Å². The van der Waals surface area contributed by atoms with Crippen molar-refractivity contribution in [3.05, 3.63) is 0 Å². The molecule has 1 fully saturated rings. The Labute approximate surface area is 88.2 Å². The van der Waals surface area contributed by atoms with E-state index >= 15 is 0 Å². The second kappa shape index (κ2) is 4.02. The monoisotopic (exact) mass is 241 g/mol. The molecule has 0 aliphatic carbocycles. The maximum atomic E-state index is 11.9. The third-order valence-corrected chi connectivity index (χ3v) is 2.37. The van der Waals surface area contributed by atoms with Gasteiger partial charge in [0.05, 0.1) is 5.60 Å². The Bertz CT molecular complexity index is 317. The largest absolute Gasteiger partial charge is 0.480 e. The Kier molecular flexibility index (Phi) is 3.25. The molecule has 0 amide bonds. The van der Waals surface area contributed by atoms with Crippen LogP contribution in [-0.4, -0.2) is 46.3 Å². The summed E-state index contributed by atoms with van der Waals surface area (Å²) in [6.45, 7) is -0.341. The normalized spacial score (nSPS) is 30.4. The molecule has 0 aromatic rings. The number of carboxylic acid groups (broad SMARTS) is 1. The van der Waals surface area contributed by atoms with Crippen LogP contribution in [0, 0.1) is 0 Å². The topological polar surface area (TPSA) is 86.6 Å². The zero-order valence-electron chi connectivity index (χ0n) is 8.04. The summed E-state index contributed by atoms with van der Waals surface area (Å²) < 4.78 is 35.8. The second-order valence-electron chi connectivity index (χ2n) is 3.80. The summed E-state index contributed by atoms with van der Waals surface area (Å²) in [5, 5.41) is 20.5. The van der Waals surface area contributed by atoms with Crippen molar-refractivity contribution in [1.29, 1.82) is 0 Å². The molecule has 0 aromatic carbocycles. The highest BCUT2D eigenvalue weighted by molar-refractivity contribution is 5.85. The Morgan fingerprint density at radius 2 is 2.00 bits per heavy atom. The van der Waals surface area contributed by atoms with Gasteiger partial charge in [0, 0.05) is 19.4 Å². The van der Waals surface area contributed by atoms with E-state index in [9.17, 15) is 27.9 Å². The van der Waals surface area contributed by atoms with Gasteiger partial charge < -0.3 is 15.5 Å². The molecular formula is C8H10F3NO4. The van der Waals surface area contributed by atoms with Crippen LogP contribution in [0.4, 0.5) is 13.2 Å². The number of alkyl halides is 3. The van der Waals surface area contributed by atoms with Crippen molar-refractivity contribution in [3.63, 3.8) is 0 Å². The summed E-state index contributed by atoms with van der Waals surface area (Å²) in [6.07, 6.45) is -6.53. The molecule has 92 valence electrons. The molecule has 0 saturated carbocycles. The fourth-order valence-corrected chi connectivity index (χ4v) is 1.55. The number of ketones is 1. The van der Waals surface area contributed by atoms with E-state index in [1.54, 1.807) is 0 Å². The highest BCUT2D eigenvalue weighted by Gasteiger charge is 2.47. The number of rotatable bonds is 3. The average Bonchev–Trinajstić information content (AvgIpc) is 2.46. The number of carboxylic acids is 1. The lowest BCUT2D eigenvalue weighted by Gasteiger charge is -2.20. The molecule has 0 bridgehead atoms. The van der Waals surface area contributed by atoms with Gasteiger partial charge in [-0.25, -0.2) is 0 Å². The third kappa shape index (κ3) is 2.92. The fourth-order valence-electron chi connectivity index (χ4n) is 1.55. The molecule has 1 saturated heterocycles. The van der Waals surface area contributed by atoms with Crippen LogP contribution in [0.3, 0.4) is 0 Å². The van der Waals surface area contributed by atoms with Gasteiger partial charge in [-0.2, -0.15) is 13.2 Å². The van der Waals surface area contributed by atoms with Gasteiger partial charge in [0.25, 0.3) is 0 Å². The summed E-state index contributed by atoms with van der Waals surface area (Å²) in [7, 11) is 0. The molecule has 1 heterocycles. The van der Waals surface area contributed by atoms with Gasteiger partial charge in [-0.1, -0.05) is 0 Å². The minimum absolute atomic E-state index is 0.341. The number of hydrogen-bond donors (Lipinski definition) is 3. The molecule has 1 aliphatic heterocycles. The number of hydrogen-bond acceptors (Lipinski definition) is 4. The lowest BCUT2D eigenvalue weighted by molar-refractivity contribution is -0.175. The minimum Gasteiger partial charge on any atom is -0.480 e. The zero-order chi connectivity index (χ0) is 12.6. The number of halogens is 3. The summed E-state index contributed by atoms with van der Waals surface area (Å²) in [5.74, 6) is -3.32. The molecule has 1 rings (SSSR count). The molecule has 0 unspecified atom stereocenters. The molecule has 0 spiro atoms. The summed E-state index contributed by atoms with van der Waals surface area (Å²) in [5.41, 5.74) is -1.93. The average molecular weight is 241 g/mol. The van der Waals surface area contributed by atoms with E-state index in [1.165, 1.54) is 0 Å². The van der Waals surface area contributed by atoms with Gasteiger partial charge in [0.15, 0.2) is 0 Å². The first-order valence-electron chi connectivity index (χ1n) is 4.43. The summed E-state index contributed by atoms with van der Waals surface area (Å²) in [6, 6.07) is -1.12. The van der Waals surface area contributed by atoms with Crippen molar-refractivity contribution in [3.8, 4) is 0 Å². The first-order chi connectivity index (χ1) is 7.14. The van der Waals surface area contributed by atoms with Gasteiger partial charge in [-0.15, -0.1) is 0 Å². The minimum atomic E-state index is -5.00. The van der Waals surface area contributed by atoms with Crippen LogP contribution < -0.4 is 5.32 Å². The van der Waals surface area contributed by atoms with Gasteiger partial charge in [0.2, 0.25) is 5.78 Å². The molecule has 0 aromatic heterocycles. The first-order valence-corrected chi connectivity index (χ1v) is 4.43.